The van der Waals surface area contributed by atoms with Gasteiger partial charge in [0.25, 0.3) is 0 Å². The summed E-state index contributed by atoms with van der Waals surface area (Å²) in [4.78, 5) is 29.5. The van der Waals surface area contributed by atoms with Gasteiger partial charge in [-0.15, -0.1) is 0 Å². The molecular formula is C15H18N4O2S. The van der Waals surface area contributed by atoms with Crippen LogP contribution in [0.5, 0.6) is 0 Å². The zero-order valence-corrected chi connectivity index (χ0v) is 12.8. The normalized spacial score (nSPS) is 21.6. The monoisotopic (exact) mass is 318 g/mol. The standard InChI is InChI=1S/C15H18N4O2S/c16-13(20)8-1-3-9(4-2-8)14(21)17-10-5-6-11-12(7-10)19-15(22)18-11/h5-9H,1-4H2,(H2,16,20)(H,17,21)(H2,18,19,22). The summed E-state index contributed by atoms with van der Waals surface area (Å²) in [5.41, 5.74) is 7.82. The van der Waals surface area contributed by atoms with Crippen LogP contribution in [-0.4, -0.2) is 21.8 Å². The molecule has 0 spiro atoms. The lowest BCUT2D eigenvalue weighted by atomic mass is 9.81. The number of primary amides is 1. The van der Waals surface area contributed by atoms with Crippen LogP contribution in [0.4, 0.5) is 5.69 Å². The van der Waals surface area contributed by atoms with E-state index in [4.69, 9.17) is 18.0 Å². The first-order valence-electron chi connectivity index (χ1n) is 7.35. The van der Waals surface area contributed by atoms with Gasteiger partial charge in [0, 0.05) is 17.5 Å². The second kappa shape index (κ2) is 5.92. The highest BCUT2D eigenvalue weighted by molar-refractivity contribution is 7.71. The molecule has 22 heavy (non-hydrogen) atoms. The topological polar surface area (TPSA) is 104 Å². The predicted molar refractivity (Wildman–Crippen MR) is 86.8 cm³/mol. The lowest BCUT2D eigenvalue weighted by molar-refractivity contribution is -0.126. The number of hydrogen-bond acceptors (Lipinski definition) is 3. The van der Waals surface area contributed by atoms with Crippen molar-refractivity contribution in [2.75, 3.05) is 5.32 Å². The Morgan fingerprint density at radius 3 is 2.41 bits per heavy atom. The highest BCUT2D eigenvalue weighted by Gasteiger charge is 2.28. The van der Waals surface area contributed by atoms with Crippen LogP contribution >= 0.6 is 12.2 Å². The number of rotatable bonds is 3. The van der Waals surface area contributed by atoms with Gasteiger partial charge in [0.2, 0.25) is 11.8 Å². The number of nitrogens with two attached hydrogens (primary N) is 1. The van der Waals surface area contributed by atoms with E-state index in [-0.39, 0.29) is 23.7 Å². The number of fused-ring (bicyclic) bond motifs is 1. The summed E-state index contributed by atoms with van der Waals surface area (Å²) in [7, 11) is 0. The molecular weight excluding hydrogens is 300 g/mol. The van der Waals surface area contributed by atoms with E-state index in [0.29, 0.717) is 30.5 Å². The van der Waals surface area contributed by atoms with E-state index >= 15 is 0 Å². The quantitative estimate of drug-likeness (QED) is 0.653. The smallest absolute Gasteiger partial charge is 0.227 e. The summed E-state index contributed by atoms with van der Waals surface area (Å²) in [6, 6.07) is 5.57. The van der Waals surface area contributed by atoms with Gasteiger partial charge in [0.15, 0.2) is 4.77 Å². The van der Waals surface area contributed by atoms with Crippen molar-refractivity contribution in [3.8, 4) is 0 Å². The highest BCUT2D eigenvalue weighted by atomic mass is 32.1. The number of H-pyrrole nitrogens is 2. The van der Waals surface area contributed by atoms with Crippen LogP contribution in [0, 0.1) is 16.6 Å². The van der Waals surface area contributed by atoms with Crippen molar-refractivity contribution >= 4 is 40.8 Å². The average Bonchev–Trinajstić information content (AvgIpc) is 2.86. The molecule has 0 saturated heterocycles. The van der Waals surface area contributed by atoms with Gasteiger partial charge < -0.3 is 21.0 Å². The zero-order valence-electron chi connectivity index (χ0n) is 12.0. The fraction of sp³-hybridized carbons (Fsp3) is 0.400. The van der Waals surface area contributed by atoms with Gasteiger partial charge in [-0.1, -0.05) is 0 Å². The van der Waals surface area contributed by atoms with Crippen LogP contribution < -0.4 is 11.1 Å². The van der Waals surface area contributed by atoms with E-state index < -0.39 is 0 Å². The van der Waals surface area contributed by atoms with E-state index in [1.54, 1.807) is 0 Å². The summed E-state index contributed by atoms with van der Waals surface area (Å²) in [5, 5.41) is 2.93. The summed E-state index contributed by atoms with van der Waals surface area (Å²) in [5.74, 6) is -0.403. The Kier molecular flexibility index (Phi) is 3.98. The average molecular weight is 318 g/mol. The first kappa shape index (κ1) is 14.8. The number of anilines is 1. The molecule has 1 heterocycles. The van der Waals surface area contributed by atoms with Gasteiger partial charge in [-0.25, -0.2) is 0 Å². The molecule has 1 aliphatic rings. The molecule has 1 aliphatic carbocycles. The molecule has 0 radical (unpaired) electrons. The van der Waals surface area contributed by atoms with Crippen molar-refractivity contribution in [2.45, 2.75) is 25.7 Å². The molecule has 0 unspecified atom stereocenters. The van der Waals surface area contributed by atoms with Crippen molar-refractivity contribution < 1.29 is 9.59 Å². The molecule has 0 atom stereocenters. The molecule has 1 fully saturated rings. The molecule has 3 rings (SSSR count). The lowest BCUT2D eigenvalue weighted by Gasteiger charge is -2.25. The fourth-order valence-corrected chi connectivity index (χ4v) is 3.21. The third-order valence-corrected chi connectivity index (χ3v) is 4.49. The fourth-order valence-electron chi connectivity index (χ4n) is 2.99. The number of aromatic amines is 2. The number of carbonyl (C=O) groups is 2. The Morgan fingerprint density at radius 1 is 1.09 bits per heavy atom. The summed E-state index contributed by atoms with van der Waals surface area (Å²) < 4.78 is 0.559. The minimum atomic E-state index is -0.257. The van der Waals surface area contributed by atoms with Crippen molar-refractivity contribution in [3.63, 3.8) is 0 Å². The second-order valence-corrected chi connectivity index (χ2v) is 6.19. The minimum Gasteiger partial charge on any atom is -0.369 e. The Balaban J connectivity index is 1.65. The number of aromatic nitrogens is 2. The van der Waals surface area contributed by atoms with Crippen molar-refractivity contribution in [2.24, 2.45) is 17.6 Å². The highest BCUT2D eigenvalue weighted by Crippen LogP contribution is 2.29. The van der Waals surface area contributed by atoms with Gasteiger partial charge in [0.05, 0.1) is 11.0 Å². The molecule has 0 aliphatic heterocycles. The zero-order chi connectivity index (χ0) is 15.7. The predicted octanol–water partition coefficient (Wildman–Crippen LogP) is 2.46. The van der Waals surface area contributed by atoms with Crippen LogP contribution in [0.25, 0.3) is 11.0 Å². The molecule has 2 amide bonds. The molecule has 7 heteroatoms. The van der Waals surface area contributed by atoms with Crippen LogP contribution in [0.15, 0.2) is 18.2 Å². The SMILES string of the molecule is NC(=O)C1CCC(C(=O)Nc2ccc3[nH]c(=S)[nH]c3c2)CC1. The molecule has 1 aromatic carbocycles. The Bertz CT molecular complexity index is 771. The van der Waals surface area contributed by atoms with E-state index in [9.17, 15) is 9.59 Å². The number of carbonyl (C=O) groups excluding carboxylic acids is 2. The molecule has 1 saturated carbocycles. The maximum absolute atomic E-state index is 12.3. The lowest BCUT2D eigenvalue weighted by Crippen LogP contribution is -2.32. The molecule has 2 aromatic rings. The summed E-state index contributed by atoms with van der Waals surface area (Å²) in [6.45, 7) is 0. The van der Waals surface area contributed by atoms with Gasteiger partial charge in [-0.3, -0.25) is 9.59 Å². The molecule has 1 aromatic heterocycles. The summed E-state index contributed by atoms with van der Waals surface area (Å²) >= 11 is 5.04. The first-order valence-corrected chi connectivity index (χ1v) is 7.76. The van der Waals surface area contributed by atoms with Crippen LogP contribution in [-0.2, 0) is 9.59 Å². The molecule has 6 nitrogen and oxygen atoms in total. The molecule has 116 valence electrons. The van der Waals surface area contributed by atoms with E-state index in [1.165, 1.54) is 0 Å². The second-order valence-electron chi connectivity index (χ2n) is 5.78. The third kappa shape index (κ3) is 3.04. The van der Waals surface area contributed by atoms with Crippen LogP contribution in [0.1, 0.15) is 25.7 Å². The number of hydrogen-bond donors (Lipinski definition) is 4. The number of amides is 2. The van der Waals surface area contributed by atoms with Crippen molar-refractivity contribution in [1.82, 2.24) is 9.97 Å². The van der Waals surface area contributed by atoms with Crippen LogP contribution in [0.3, 0.4) is 0 Å². The summed E-state index contributed by atoms with van der Waals surface area (Å²) in [6.07, 6.45) is 2.79. The Hall–Kier alpha value is -2.15. The van der Waals surface area contributed by atoms with Crippen LogP contribution in [0.2, 0.25) is 0 Å². The van der Waals surface area contributed by atoms with Gasteiger partial charge in [0.1, 0.15) is 0 Å². The molecule has 0 bridgehead atoms. The maximum atomic E-state index is 12.3. The third-order valence-electron chi connectivity index (χ3n) is 4.28. The van der Waals surface area contributed by atoms with E-state index in [1.807, 2.05) is 18.2 Å². The molecule has 5 N–H and O–H groups in total. The maximum Gasteiger partial charge on any atom is 0.227 e. The largest absolute Gasteiger partial charge is 0.369 e. The number of imidazole rings is 1. The van der Waals surface area contributed by atoms with E-state index in [0.717, 1.165) is 16.7 Å². The van der Waals surface area contributed by atoms with Gasteiger partial charge in [-0.05, 0) is 56.1 Å². The van der Waals surface area contributed by atoms with Crippen molar-refractivity contribution in [3.05, 3.63) is 23.0 Å². The van der Waals surface area contributed by atoms with E-state index in [2.05, 4.69) is 15.3 Å². The first-order chi connectivity index (χ1) is 10.5. The Morgan fingerprint density at radius 2 is 1.73 bits per heavy atom. The minimum absolute atomic E-state index is 0.00333. The Labute approximate surface area is 132 Å². The van der Waals surface area contributed by atoms with Gasteiger partial charge in [-0.2, -0.15) is 0 Å². The number of nitrogens with one attached hydrogen (secondary N) is 3. The van der Waals surface area contributed by atoms with Gasteiger partial charge >= 0.3 is 0 Å². The van der Waals surface area contributed by atoms with Crippen molar-refractivity contribution in [1.29, 1.82) is 0 Å². The number of benzene rings is 1.